The summed E-state index contributed by atoms with van der Waals surface area (Å²) in [6.45, 7) is 9.21. The Morgan fingerprint density at radius 3 is 3.00 bits per heavy atom. The van der Waals surface area contributed by atoms with Gasteiger partial charge in [-0.1, -0.05) is 13.8 Å². The van der Waals surface area contributed by atoms with Crippen LogP contribution in [-0.4, -0.2) is 31.3 Å². The van der Waals surface area contributed by atoms with E-state index in [1.165, 1.54) is 5.56 Å². The third-order valence-electron chi connectivity index (χ3n) is 4.74. The second-order valence-corrected chi connectivity index (χ2v) is 7.29. The van der Waals surface area contributed by atoms with Crippen molar-refractivity contribution in [3.8, 4) is 0 Å². The summed E-state index contributed by atoms with van der Waals surface area (Å²) in [5.74, 6) is 1.55. The molecule has 1 aliphatic heterocycles. The summed E-state index contributed by atoms with van der Waals surface area (Å²) in [5, 5.41) is 11.3. The summed E-state index contributed by atoms with van der Waals surface area (Å²) in [5.41, 5.74) is 1.45. The van der Waals surface area contributed by atoms with Gasteiger partial charge in [-0.2, -0.15) is 11.3 Å². The average Bonchev–Trinajstić information content (AvgIpc) is 3.11. The van der Waals surface area contributed by atoms with Gasteiger partial charge >= 0.3 is 0 Å². The van der Waals surface area contributed by atoms with Crippen molar-refractivity contribution >= 4 is 41.3 Å². The zero-order chi connectivity index (χ0) is 14.9. The van der Waals surface area contributed by atoms with Gasteiger partial charge in [-0.25, -0.2) is 4.99 Å². The molecule has 124 valence electrons. The van der Waals surface area contributed by atoms with Gasteiger partial charge in [0.25, 0.3) is 0 Å². The second-order valence-electron chi connectivity index (χ2n) is 6.51. The minimum Gasteiger partial charge on any atom is -0.377 e. The van der Waals surface area contributed by atoms with Gasteiger partial charge in [0.2, 0.25) is 0 Å². The van der Waals surface area contributed by atoms with Crippen LogP contribution in [0.25, 0.3) is 0 Å². The number of hydrogen-bond donors (Lipinski definition) is 2. The number of halogens is 1. The van der Waals surface area contributed by atoms with Gasteiger partial charge in [0.1, 0.15) is 0 Å². The van der Waals surface area contributed by atoms with E-state index in [1.54, 1.807) is 11.3 Å². The SMILES string of the molecule is CCNC(=NCc1ccsc1)NC1C2CCOC2C1(C)C.I. The number of nitrogens with zero attached hydrogens (tertiary/aromatic N) is 1. The van der Waals surface area contributed by atoms with Crippen molar-refractivity contribution < 1.29 is 4.74 Å². The van der Waals surface area contributed by atoms with Gasteiger partial charge in [0.05, 0.1) is 12.6 Å². The molecule has 2 fully saturated rings. The highest BCUT2D eigenvalue weighted by Crippen LogP contribution is 2.52. The molecule has 0 spiro atoms. The molecule has 2 N–H and O–H groups in total. The van der Waals surface area contributed by atoms with E-state index in [1.807, 2.05) is 0 Å². The predicted molar refractivity (Wildman–Crippen MR) is 103 cm³/mol. The van der Waals surface area contributed by atoms with E-state index in [4.69, 9.17) is 9.73 Å². The Hall–Kier alpha value is -0.340. The minimum absolute atomic E-state index is 0. The molecule has 3 unspecified atom stereocenters. The molecule has 1 saturated heterocycles. The smallest absolute Gasteiger partial charge is 0.191 e. The maximum atomic E-state index is 5.86. The molecule has 3 rings (SSSR count). The first-order chi connectivity index (χ1) is 10.1. The zero-order valence-corrected chi connectivity index (χ0v) is 16.6. The fraction of sp³-hybridized carbons (Fsp3) is 0.688. The van der Waals surface area contributed by atoms with Gasteiger partial charge in [-0.05, 0) is 35.7 Å². The molecule has 22 heavy (non-hydrogen) atoms. The van der Waals surface area contributed by atoms with Crippen LogP contribution in [0.3, 0.4) is 0 Å². The highest BCUT2D eigenvalue weighted by Gasteiger charge is 2.59. The van der Waals surface area contributed by atoms with Crippen molar-refractivity contribution in [3.63, 3.8) is 0 Å². The lowest BCUT2D eigenvalue weighted by Crippen LogP contribution is -2.67. The molecule has 3 atom stereocenters. The summed E-state index contributed by atoms with van der Waals surface area (Å²) in [6, 6.07) is 2.58. The Morgan fingerprint density at radius 1 is 1.50 bits per heavy atom. The van der Waals surface area contributed by atoms with Crippen LogP contribution >= 0.6 is 35.3 Å². The summed E-state index contributed by atoms with van der Waals surface area (Å²) < 4.78 is 5.86. The van der Waals surface area contributed by atoms with Crippen molar-refractivity contribution in [2.45, 2.75) is 45.9 Å². The van der Waals surface area contributed by atoms with Gasteiger partial charge in [0.15, 0.2) is 5.96 Å². The van der Waals surface area contributed by atoms with Crippen LogP contribution in [0.15, 0.2) is 21.8 Å². The molecule has 1 aliphatic carbocycles. The van der Waals surface area contributed by atoms with E-state index in [9.17, 15) is 0 Å². The molecule has 1 aromatic rings. The lowest BCUT2D eigenvalue weighted by atomic mass is 9.57. The van der Waals surface area contributed by atoms with E-state index >= 15 is 0 Å². The molecule has 1 aromatic heterocycles. The third kappa shape index (κ3) is 3.43. The van der Waals surface area contributed by atoms with E-state index in [-0.39, 0.29) is 29.4 Å². The first-order valence-corrected chi connectivity index (χ1v) is 8.74. The van der Waals surface area contributed by atoms with Gasteiger partial charge < -0.3 is 15.4 Å². The number of hydrogen-bond acceptors (Lipinski definition) is 3. The molecule has 4 nitrogen and oxygen atoms in total. The Bertz CT molecular complexity index is 503. The van der Waals surface area contributed by atoms with Crippen LogP contribution in [-0.2, 0) is 11.3 Å². The number of nitrogens with one attached hydrogen (secondary N) is 2. The minimum atomic E-state index is 0. The van der Waals surface area contributed by atoms with Gasteiger partial charge in [0, 0.05) is 30.5 Å². The number of rotatable bonds is 4. The van der Waals surface area contributed by atoms with Crippen LogP contribution < -0.4 is 10.6 Å². The molecule has 2 heterocycles. The first-order valence-electron chi connectivity index (χ1n) is 7.80. The normalized spacial score (nSPS) is 29.2. The fourth-order valence-corrected chi connectivity index (χ4v) is 4.30. The summed E-state index contributed by atoms with van der Waals surface area (Å²) in [6.07, 6.45) is 1.57. The predicted octanol–water partition coefficient (Wildman–Crippen LogP) is 3.23. The molecule has 6 heteroatoms. The monoisotopic (exact) mass is 435 g/mol. The van der Waals surface area contributed by atoms with Gasteiger partial charge in [-0.15, -0.1) is 24.0 Å². The standard InChI is InChI=1S/C16H25N3OS.HI/c1-4-17-15(18-9-11-6-8-21-10-11)19-13-12-5-7-20-14(12)16(13,2)3;/h6,8,10,12-14H,4-5,7,9H2,1-3H3,(H2,17,18,19);1H. The first kappa shape index (κ1) is 18.0. The number of fused-ring (bicyclic) bond motifs is 1. The van der Waals surface area contributed by atoms with Crippen molar-refractivity contribution in [2.24, 2.45) is 16.3 Å². The van der Waals surface area contributed by atoms with Crippen LogP contribution in [0.5, 0.6) is 0 Å². The molecule has 1 saturated carbocycles. The van der Waals surface area contributed by atoms with Crippen LogP contribution in [0.1, 0.15) is 32.8 Å². The highest BCUT2D eigenvalue weighted by molar-refractivity contribution is 14.0. The average molecular weight is 435 g/mol. The lowest BCUT2D eigenvalue weighted by molar-refractivity contribution is -0.106. The number of ether oxygens (including phenoxy) is 1. The van der Waals surface area contributed by atoms with Crippen molar-refractivity contribution in [1.82, 2.24) is 10.6 Å². The summed E-state index contributed by atoms with van der Waals surface area (Å²) >= 11 is 1.72. The number of guanidine groups is 1. The summed E-state index contributed by atoms with van der Waals surface area (Å²) in [4.78, 5) is 4.72. The largest absolute Gasteiger partial charge is 0.377 e. The fourth-order valence-electron chi connectivity index (χ4n) is 3.64. The molecule has 0 amide bonds. The van der Waals surface area contributed by atoms with Crippen LogP contribution in [0, 0.1) is 11.3 Å². The Morgan fingerprint density at radius 2 is 2.32 bits per heavy atom. The quantitative estimate of drug-likeness (QED) is 0.434. The second kappa shape index (κ2) is 7.49. The summed E-state index contributed by atoms with van der Waals surface area (Å²) in [7, 11) is 0. The van der Waals surface area contributed by atoms with Gasteiger partial charge in [-0.3, -0.25) is 0 Å². The molecule has 2 aliphatic rings. The third-order valence-corrected chi connectivity index (χ3v) is 5.47. The van der Waals surface area contributed by atoms with Crippen molar-refractivity contribution in [1.29, 1.82) is 0 Å². The number of aliphatic imine (C=N–C) groups is 1. The topological polar surface area (TPSA) is 45.7 Å². The number of thiophene rings is 1. The maximum Gasteiger partial charge on any atom is 0.191 e. The van der Waals surface area contributed by atoms with Crippen molar-refractivity contribution in [3.05, 3.63) is 22.4 Å². The highest BCUT2D eigenvalue weighted by atomic mass is 127. The Balaban J connectivity index is 0.00000176. The molecule has 0 aromatic carbocycles. The van der Waals surface area contributed by atoms with E-state index in [0.717, 1.165) is 32.1 Å². The Labute approximate surface area is 154 Å². The van der Waals surface area contributed by atoms with Crippen LogP contribution in [0.2, 0.25) is 0 Å². The molecule has 0 radical (unpaired) electrons. The zero-order valence-electron chi connectivity index (χ0n) is 13.5. The molecular formula is C16H26IN3OS. The Kier molecular flexibility index (Phi) is 6.13. The molecule has 0 bridgehead atoms. The lowest BCUT2D eigenvalue weighted by Gasteiger charge is -2.54. The van der Waals surface area contributed by atoms with E-state index < -0.39 is 0 Å². The van der Waals surface area contributed by atoms with E-state index in [0.29, 0.717) is 18.1 Å². The maximum absolute atomic E-state index is 5.86. The van der Waals surface area contributed by atoms with Crippen molar-refractivity contribution in [2.75, 3.05) is 13.2 Å². The molecular weight excluding hydrogens is 409 g/mol. The van der Waals surface area contributed by atoms with E-state index in [2.05, 4.69) is 48.2 Å². The van der Waals surface area contributed by atoms with Crippen LogP contribution in [0.4, 0.5) is 0 Å².